The molecule has 0 N–H and O–H groups in total. The second-order valence-corrected chi connectivity index (χ2v) is 5.98. The third-order valence-electron chi connectivity index (χ3n) is 4.20. The Labute approximate surface area is 122 Å². The molecule has 0 aromatic heterocycles. The molecule has 2 heteroatoms. The summed E-state index contributed by atoms with van der Waals surface area (Å²) in [6.45, 7) is 6.10. The molecule has 0 unspecified atom stereocenters. The monoisotopic (exact) mass is 274 g/mol. The standard InChI is InChI=1S/C18H26O2/c1-14(2)17-8-4-15(5-9-17)12-20-13-16-6-10-18(19-3)11-7-16/h4,6-7,10-11,14,17H,5,8-9,12-13H2,1-3H3/t17-/m1/s1. The lowest BCUT2D eigenvalue weighted by atomic mass is 9.82. The highest BCUT2D eigenvalue weighted by atomic mass is 16.5. The third-order valence-corrected chi connectivity index (χ3v) is 4.20. The van der Waals surface area contributed by atoms with Gasteiger partial charge in [-0.2, -0.15) is 0 Å². The minimum atomic E-state index is 0.676. The minimum Gasteiger partial charge on any atom is -0.497 e. The Balaban J connectivity index is 1.73. The number of ether oxygens (including phenoxy) is 2. The minimum absolute atomic E-state index is 0.676. The largest absolute Gasteiger partial charge is 0.497 e. The molecule has 0 fully saturated rings. The molecule has 0 heterocycles. The van der Waals surface area contributed by atoms with Crippen LogP contribution in [0.5, 0.6) is 5.75 Å². The molecule has 0 amide bonds. The lowest BCUT2D eigenvalue weighted by Crippen LogP contribution is -2.13. The molecular formula is C18H26O2. The van der Waals surface area contributed by atoms with Gasteiger partial charge in [0.15, 0.2) is 0 Å². The van der Waals surface area contributed by atoms with Crippen molar-refractivity contribution in [2.75, 3.05) is 13.7 Å². The van der Waals surface area contributed by atoms with Crippen molar-refractivity contribution in [3.63, 3.8) is 0 Å². The maximum absolute atomic E-state index is 5.82. The smallest absolute Gasteiger partial charge is 0.118 e. The van der Waals surface area contributed by atoms with E-state index in [-0.39, 0.29) is 0 Å². The Bertz CT molecular complexity index is 431. The summed E-state index contributed by atoms with van der Waals surface area (Å²) in [5, 5.41) is 0. The van der Waals surface area contributed by atoms with Gasteiger partial charge < -0.3 is 9.47 Å². The van der Waals surface area contributed by atoms with Crippen LogP contribution in [-0.4, -0.2) is 13.7 Å². The van der Waals surface area contributed by atoms with Gasteiger partial charge in [-0.25, -0.2) is 0 Å². The summed E-state index contributed by atoms with van der Waals surface area (Å²) in [7, 11) is 1.69. The molecule has 1 aromatic carbocycles. The molecule has 1 aromatic rings. The topological polar surface area (TPSA) is 18.5 Å². The molecule has 0 radical (unpaired) electrons. The molecule has 2 nitrogen and oxygen atoms in total. The summed E-state index contributed by atoms with van der Waals surface area (Å²) in [4.78, 5) is 0. The average molecular weight is 274 g/mol. The molecule has 20 heavy (non-hydrogen) atoms. The van der Waals surface area contributed by atoms with Crippen molar-refractivity contribution in [1.82, 2.24) is 0 Å². The Morgan fingerprint density at radius 3 is 2.45 bits per heavy atom. The summed E-state index contributed by atoms with van der Waals surface area (Å²) >= 11 is 0. The summed E-state index contributed by atoms with van der Waals surface area (Å²) in [6.07, 6.45) is 6.13. The van der Waals surface area contributed by atoms with Gasteiger partial charge in [0.05, 0.1) is 20.3 Å². The zero-order chi connectivity index (χ0) is 14.4. The van der Waals surface area contributed by atoms with Crippen LogP contribution in [0.25, 0.3) is 0 Å². The highest BCUT2D eigenvalue weighted by Gasteiger charge is 2.17. The molecule has 0 saturated carbocycles. The van der Waals surface area contributed by atoms with E-state index in [1.54, 1.807) is 7.11 Å². The lowest BCUT2D eigenvalue weighted by Gasteiger charge is -2.24. The first-order valence-electron chi connectivity index (χ1n) is 7.57. The van der Waals surface area contributed by atoms with Gasteiger partial charge in [0.2, 0.25) is 0 Å². The molecule has 1 atom stereocenters. The van der Waals surface area contributed by atoms with Gasteiger partial charge in [-0.3, -0.25) is 0 Å². The summed E-state index contributed by atoms with van der Waals surface area (Å²) in [5.41, 5.74) is 2.66. The summed E-state index contributed by atoms with van der Waals surface area (Å²) in [5.74, 6) is 2.55. The average Bonchev–Trinajstić information content (AvgIpc) is 2.48. The van der Waals surface area contributed by atoms with E-state index in [4.69, 9.17) is 9.47 Å². The predicted molar refractivity (Wildman–Crippen MR) is 82.9 cm³/mol. The zero-order valence-corrected chi connectivity index (χ0v) is 12.9. The van der Waals surface area contributed by atoms with Crippen molar-refractivity contribution in [3.8, 4) is 5.75 Å². The number of methoxy groups -OCH3 is 1. The zero-order valence-electron chi connectivity index (χ0n) is 12.9. The fourth-order valence-electron chi connectivity index (χ4n) is 2.67. The Hall–Kier alpha value is -1.28. The van der Waals surface area contributed by atoms with Crippen LogP contribution in [0.1, 0.15) is 38.7 Å². The second-order valence-electron chi connectivity index (χ2n) is 5.98. The quantitative estimate of drug-likeness (QED) is 0.706. The van der Waals surface area contributed by atoms with E-state index in [9.17, 15) is 0 Å². The molecule has 0 spiro atoms. The molecule has 110 valence electrons. The van der Waals surface area contributed by atoms with Crippen molar-refractivity contribution in [2.24, 2.45) is 11.8 Å². The molecular weight excluding hydrogens is 248 g/mol. The molecule has 0 bridgehead atoms. The van der Waals surface area contributed by atoms with Crippen molar-refractivity contribution < 1.29 is 9.47 Å². The molecule has 1 aliphatic carbocycles. The van der Waals surface area contributed by atoms with E-state index >= 15 is 0 Å². The van der Waals surface area contributed by atoms with Gasteiger partial charge in [0.1, 0.15) is 5.75 Å². The van der Waals surface area contributed by atoms with Gasteiger partial charge in [-0.15, -0.1) is 0 Å². The normalized spacial score (nSPS) is 19.0. The summed E-state index contributed by atoms with van der Waals surface area (Å²) < 4.78 is 11.0. The molecule has 2 rings (SSSR count). The predicted octanol–water partition coefficient (Wildman–Crippen LogP) is 4.59. The lowest BCUT2D eigenvalue weighted by molar-refractivity contribution is 0.137. The number of benzene rings is 1. The van der Waals surface area contributed by atoms with Crippen LogP contribution in [0.15, 0.2) is 35.9 Å². The second kappa shape index (κ2) is 7.49. The van der Waals surface area contributed by atoms with E-state index in [0.29, 0.717) is 6.61 Å². The van der Waals surface area contributed by atoms with Gasteiger partial charge >= 0.3 is 0 Å². The summed E-state index contributed by atoms with van der Waals surface area (Å²) in [6, 6.07) is 8.07. The van der Waals surface area contributed by atoms with E-state index in [1.165, 1.54) is 30.4 Å². The van der Waals surface area contributed by atoms with Gasteiger partial charge in [-0.1, -0.05) is 32.1 Å². The Kier molecular flexibility index (Phi) is 5.66. The molecule has 0 aliphatic heterocycles. The van der Waals surface area contributed by atoms with Crippen molar-refractivity contribution in [1.29, 1.82) is 0 Å². The van der Waals surface area contributed by atoms with Crippen molar-refractivity contribution >= 4 is 0 Å². The molecule has 1 aliphatic rings. The first kappa shape index (κ1) is 15.1. The van der Waals surface area contributed by atoms with Crippen LogP contribution in [0, 0.1) is 11.8 Å². The van der Waals surface area contributed by atoms with Crippen molar-refractivity contribution in [2.45, 2.75) is 39.7 Å². The fraction of sp³-hybridized carbons (Fsp3) is 0.556. The van der Waals surface area contributed by atoms with Crippen LogP contribution in [0.2, 0.25) is 0 Å². The first-order valence-corrected chi connectivity index (χ1v) is 7.57. The van der Waals surface area contributed by atoms with Gasteiger partial charge in [0.25, 0.3) is 0 Å². The number of hydrogen-bond donors (Lipinski definition) is 0. The first-order chi connectivity index (χ1) is 9.69. The van der Waals surface area contributed by atoms with Crippen LogP contribution < -0.4 is 4.74 Å². The fourth-order valence-corrected chi connectivity index (χ4v) is 2.67. The maximum atomic E-state index is 5.82. The highest BCUT2D eigenvalue weighted by Crippen LogP contribution is 2.29. The number of rotatable bonds is 6. The van der Waals surface area contributed by atoms with Crippen LogP contribution >= 0.6 is 0 Å². The number of hydrogen-bond acceptors (Lipinski definition) is 2. The van der Waals surface area contributed by atoms with Crippen LogP contribution in [-0.2, 0) is 11.3 Å². The highest BCUT2D eigenvalue weighted by molar-refractivity contribution is 5.26. The van der Waals surface area contributed by atoms with E-state index in [2.05, 4.69) is 32.1 Å². The van der Waals surface area contributed by atoms with E-state index < -0.39 is 0 Å². The van der Waals surface area contributed by atoms with Crippen LogP contribution in [0.4, 0.5) is 0 Å². The van der Waals surface area contributed by atoms with Crippen LogP contribution in [0.3, 0.4) is 0 Å². The SMILES string of the molecule is COc1ccc(COCC2=CC[C@@H](C(C)C)CC2)cc1. The van der Waals surface area contributed by atoms with Crippen molar-refractivity contribution in [3.05, 3.63) is 41.5 Å². The maximum Gasteiger partial charge on any atom is 0.118 e. The van der Waals surface area contributed by atoms with Gasteiger partial charge in [-0.05, 0) is 54.4 Å². The molecule has 0 saturated heterocycles. The van der Waals surface area contributed by atoms with E-state index in [0.717, 1.165) is 24.2 Å². The number of allylic oxidation sites excluding steroid dienone is 1. The Morgan fingerprint density at radius 2 is 1.90 bits per heavy atom. The van der Waals surface area contributed by atoms with Gasteiger partial charge in [0, 0.05) is 0 Å². The third kappa shape index (κ3) is 4.38. The van der Waals surface area contributed by atoms with E-state index in [1.807, 2.05) is 12.1 Å². The Morgan fingerprint density at radius 1 is 1.15 bits per heavy atom.